The van der Waals surface area contributed by atoms with Crippen LogP contribution in [-0.4, -0.2) is 46.8 Å². The lowest BCUT2D eigenvalue weighted by molar-refractivity contribution is -0.159. The number of alkyl halides is 1. The monoisotopic (exact) mass is 465 g/mol. The van der Waals surface area contributed by atoms with Crippen molar-refractivity contribution in [2.24, 2.45) is 0 Å². The molecule has 0 heterocycles. The number of aliphatic carboxylic acids is 2. The first-order valence-corrected chi connectivity index (χ1v) is 11.0. The second kappa shape index (κ2) is 14.3. The van der Waals surface area contributed by atoms with Crippen LogP contribution in [0, 0.1) is 0 Å². The van der Waals surface area contributed by atoms with Crippen molar-refractivity contribution < 1.29 is 29.6 Å². The first-order chi connectivity index (χ1) is 15.3. The maximum atomic E-state index is 10.2. The van der Waals surface area contributed by atoms with Crippen molar-refractivity contribution in [2.75, 3.05) is 19.5 Å². The number of hydrogen-bond acceptors (Lipinski definition) is 5. The second-order valence-electron chi connectivity index (χ2n) is 7.17. The fourth-order valence-electron chi connectivity index (χ4n) is 3.62. The Morgan fingerprint density at radius 3 is 1.97 bits per heavy atom. The first kappa shape index (κ1) is 27.3. The molecule has 0 spiro atoms. The van der Waals surface area contributed by atoms with Gasteiger partial charge in [-0.3, -0.25) is 0 Å². The number of rotatable bonds is 10. The van der Waals surface area contributed by atoms with Crippen molar-refractivity contribution in [1.29, 1.82) is 0 Å². The number of ether oxygens (including phenoxy) is 1. The van der Waals surface area contributed by atoms with Gasteiger partial charge in [-0.2, -0.15) is 0 Å². The largest absolute Gasteiger partial charge is 0.508 e. The van der Waals surface area contributed by atoms with Gasteiger partial charge in [-0.25, -0.2) is 9.59 Å². The van der Waals surface area contributed by atoms with E-state index in [0.29, 0.717) is 30.0 Å². The molecule has 32 heavy (non-hydrogen) atoms. The number of carboxylic acid groups (broad SMARTS) is 2. The van der Waals surface area contributed by atoms with Crippen LogP contribution in [0.25, 0.3) is 0 Å². The average molecular weight is 466 g/mol. The van der Waals surface area contributed by atoms with Gasteiger partial charge in [-0.1, -0.05) is 38.1 Å². The summed E-state index contributed by atoms with van der Waals surface area (Å²) in [5.41, 5.74) is 3.53. The fourth-order valence-corrected chi connectivity index (χ4v) is 3.76. The predicted molar refractivity (Wildman–Crippen MR) is 125 cm³/mol. The third-order valence-corrected chi connectivity index (χ3v) is 5.40. The van der Waals surface area contributed by atoms with E-state index in [0.717, 1.165) is 30.7 Å². The average Bonchev–Trinajstić information content (AvgIpc) is 2.79. The van der Waals surface area contributed by atoms with Gasteiger partial charge < -0.3 is 25.4 Å². The predicted octanol–water partition coefficient (Wildman–Crippen LogP) is 4.57. The van der Waals surface area contributed by atoms with Crippen LogP contribution in [0.3, 0.4) is 0 Å². The van der Waals surface area contributed by atoms with Gasteiger partial charge in [-0.15, -0.1) is 11.6 Å². The molecule has 0 radical (unpaired) electrons. The Hall–Kier alpha value is -2.77. The highest BCUT2D eigenvalue weighted by Crippen LogP contribution is 2.39. The Morgan fingerprint density at radius 2 is 1.50 bits per heavy atom. The third-order valence-electron chi connectivity index (χ3n) is 5.21. The number of phenols is 1. The molecule has 0 saturated heterocycles. The highest BCUT2D eigenvalue weighted by atomic mass is 35.5. The van der Waals surface area contributed by atoms with E-state index < -0.39 is 11.9 Å². The highest BCUT2D eigenvalue weighted by Gasteiger charge is 2.23. The zero-order chi connectivity index (χ0) is 24.1. The smallest absolute Gasteiger partial charge is 0.414 e. The van der Waals surface area contributed by atoms with E-state index in [4.69, 9.17) is 36.1 Å². The fraction of sp³-hybridized carbons (Fsp3) is 0.417. The van der Waals surface area contributed by atoms with E-state index in [-0.39, 0.29) is 0 Å². The summed E-state index contributed by atoms with van der Waals surface area (Å²) in [6, 6.07) is 14.4. The van der Waals surface area contributed by atoms with Crippen LogP contribution in [0.15, 0.2) is 42.5 Å². The molecule has 2 atom stereocenters. The summed E-state index contributed by atoms with van der Waals surface area (Å²) in [5.74, 6) is -1.03. The van der Waals surface area contributed by atoms with E-state index in [1.165, 1.54) is 11.1 Å². The van der Waals surface area contributed by atoms with Crippen LogP contribution in [0.5, 0.6) is 11.5 Å². The van der Waals surface area contributed by atoms with Crippen LogP contribution >= 0.6 is 11.6 Å². The molecule has 0 aliphatic carbocycles. The zero-order valence-electron chi connectivity index (χ0n) is 18.7. The minimum atomic E-state index is -1.82. The number of phenolic OH excluding ortho intramolecular Hbond substituents is 1. The van der Waals surface area contributed by atoms with E-state index in [9.17, 15) is 5.11 Å². The molecule has 0 aliphatic rings. The quantitative estimate of drug-likeness (QED) is 0.230. The SMILES string of the molecule is CCC(c1ccc(OC)cc1)C(CC)c1ccc(O)c(CNCCCl)c1.O=C(O)C(=O)O. The Bertz CT molecular complexity index is 844. The van der Waals surface area contributed by atoms with Crippen LogP contribution in [0.2, 0.25) is 0 Å². The topological polar surface area (TPSA) is 116 Å². The van der Waals surface area contributed by atoms with Gasteiger partial charge in [0.15, 0.2) is 0 Å². The molecule has 2 aromatic carbocycles. The van der Waals surface area contributed by atoms with E-state index in [1.807, 2.05) is 18.2 Å². The van der Waals surface area contributed by atoms with Gasteiger partial charge in [0.1, 0.15) is 11.5 Å². The molecule has 2 unspecified atom stereocenters. The van der Waals surface area contributed by atoms with Crippen LogP contribution in [0.1, 0.15) is 55.2 Å². The van der Waals surface area contributed by atoms with Crippen LogP contribution in [0.4, 0.5) is 0 Å². The summed E-state index contributed by atoms with van der Waals surface area (Å²) >= 11 is 5.73. The Labute approximate surface area is 194 Å². The summed E-state index contributed by atoms with van der Waals surface area (Å²) in [5, 5.41) is 28.2. The Balaban J connectivity index is 0.000000751. The minimum absolute atomic E-state index is 0.336. The number of hydrogen-bond donors (Lipinski definition) is 4. The van der Waals surface area contributed by atoms with E-state index in [2.05, 4.69) is 43.4 Å². The van der Waals surface area contributed by atoms with Crippen molar-refractivity contribution in [2.45, 2.75) is 45.1 Å². The summed E-state index contributed by atoms with van der Waals surface area (Å²) in [7, 11) is 1.69. The van der Waals surface area contributed by atoms with Crippen molar-refractivity contribution in [3.8, 4) is 11.5 Å². The van der Waals surface area contributed by atoms with Crippen LogP contribution < -0.4 is 10.1 Å². The standard InChI is InChI=1S/C22H30ClNO2.C2H2O4/c1-4-20(16-6-9-19(26-3)10-7-16)21(5-2)17-8-11-22(25)18(14-17)15-24-13-12-23;3-1(4)2(5)6/h6-11,14,20-21,24-25H,4-5,12-13,15H2,1-3H3;(H,3,4)(H,5,6). The normalized spacial score (nSPS) is 12.2. The lowest BCUT2D eigenvalue weighted by Gasteiger charge is -2.27. The van der Waals surface area contributed by atoms with E-state index in [1.54, 1.807) is 7.11 Å². The number of carbonyl (C=O) groups is 2. The van der Waals surface area contributed by atoms with Crippen molar-refractivity contribution in [3.63, 3.8) is 0 Å². The second-order valence-corrected chi connectivity index (χ2v) is 7.54. The number of aromatic hydroxyl groups is 1. The van der Waals surface area contributed by atoms with E-state index >= 15 is 0 Å². The van der Waals surface area contributed by atoms with Gasteiger partial charge in [0, 0.05) is 24.5 Å². The summed E-state index contributed by atoms with van der Waals surface area (Å²) in [4.78, 5) is 18.2. The van der Waals surface area contributed by atoms with Gasteiger partial charge in [0.2, 0.25) is 0 Å². The molecule has 176 valence electrons. The summed E-state index contributed by atoms with van der Waals surface area (Å²) in [6.07, 6.45) is 2.11. The Kier molecular flexibility index (Phi) is 12.2. The van der Waals surface area contributed by atoms with Gasteiger partial charge in [0.25, 0.3) is 0 Å². The van der Waals surface area contributed by atoms with Crippen molar-refractivity contribution in [1.82, 2.24) is 5.32 Å². The maximum Gasteiger partial charge on any atom is 0.414 e. The Morgan fingerprint density at radius 1 is 0.969 bits per heavy atom. The molecule has 0 bridgehead atoms. The van der Waals surface area contributed by atoms with Gasteiger partial charge in [0.05, 0.1) is 7.11 Å². The lowest BCUT2D eigenvalue weighted by Crippen LogP contribution is -2.16. The minimum Gasteiger partial charge on any atom is -0.508 e. The van der Waals surface area contributed by atoms with Crippen molar-refractivity contribution >= 4 is 23.5 Å². The molecule has 2 rings (SSSR count). The highest BCUT2D eigenvalue weighted by molar-refractivity contribution is 6.27. The molecule has 0 aliphatic heterocycles. The maximum absolute atomic E-state index is 10.2. The molecule has 0 saturated carbocycles. The molecular formula is C24H32ClNO6. The molecule has 4 N–H and O–H groups in total. The third kappa shape index (κ3) is 8.40. The molecule has 2 aromatic rings. The van der Waals surface area contributed by atoms with Gasteiger partial charge in [-0.05, 0) is 54.0 Å². The number of halogens is 1. The number of benzene rings is 2. The lowest BCUT2D eigenvalue weighted by atomic mass is 9.78. The molecular weight excluding hydrogens is 434 g/mol. The molecule has 0 amide bonds. The molecule has 0 fully saturated rings. The summed E-state index contributed by atoms with van der Waals surface area (Å²) in [6.45, 7) is 5.82. The first-order valence-electron chi connectivity index (χ1n) is 10.5. The molecule has 8 heteroatoms. The summed E-state index contributed by atoms with van der Waals surface area (Å²) < 4.78 is 5.29. The van der Waals surface area contributed by atoms with Crippen molar-refractivity contribution in [3.05, 3.63) is 59.2 Å². The number of nitrogens with one attached hydrogen (secondary N) is 1. The number of methoxy groups -OCH3 is 1. The molecule has 0 aromatic heterocycles. The zero-order valence-corrected chi connectivity index (χ0v) is 19.4. The molecule has 7 nitrogen and oxygen atoms in total. The van der Waals surface area contributed by atoms with Crippen LogP contribution in [-0.2, 0) is 16.1 Å². The number of carboxylic acids is 2. The van der Waals surface area contributed by atoms with Gasteiger partial charge >= 0.3 is 11.9 Å².